The molecule has 92 valence electrons. The van der Waals surface area contributed by atoms with Crippen LogP contribution in [0.5, 0.6) is 0 Å². The molecular formula is C15H13FO2. The Morgan fingerprint density at radius 1 is 1.11 bits per heavy atom. The van der Waals surface area contributed by atoms with Gasteiger partial charge in [-0.3, -0.25) is 0 Å². The van der Waals surface area contributed by atoms with Crippen molar-refractivity contribution in [2.75, 3.05) is 0 Å². The fourth-order valence-corrected chi connectivity index (χ4v) is 1.97. The highest BCUT2D eigenvalue weighted by molar-refractivity contribution is 5.96. The van der Waals surface area contributed by atoms with Gasteiger partial charge in [0.25, 0.3) is 0 Å². The molecule has 0 fully saturated rings. The molecule has 0 saturated heterocycles. The fourth-order valence-electron chi connectivity index (χ4n) is 1.97. The quantitative estimate of drug-likeness (QED) is 0.872. The maximum Gasteiger partial charge on any atom is 0.336 e. The molecule has 1 N–H and O–H groups in total. The molecular weight excluding hydrogens is 231 g/mol. The number of hydrogen-bond acceptors (Lipinski definition) is 1. The molecule has 2 nitrogen and oxygen atoms in total. The predicted octanol–water partition coefficient (Wildman–Crippen LogP) is 3.81. The first-order chi connectivity index (χ1) is 8.50. The average molecular weight is 244 g/mol. The second kappa shape index (κ2) is 4.61. The van der Waals surface area contributed by atoms with E-state index in [0.717, 1.165) is 5.56 Å². The summed E-state index contributed by atoms with van der Waals surface area (Å²) in [6.07, 6.45) is 0. The van der Waals surface area contributed by atoms with Crippen LogP contribution in [0.2, 0.25) is 0 Å². The van der Waals surface area contributed by atoms with Gasteiger partial charge in [-0.05, 0) is 42.7 Å². The van der Waals surface area contributed by atoms with E-state index in [9.17, 15) is 14.3 Å². The number of aryl methyl sites for hydroxylation is 1. The normalized spacial score (nSPS) is 10.4. The molecule has 0 unspecified atom stereocenters. The van der Waals surface area contributed by atoms with Crippen LogP contribution in [-0.4, -0.2) is 11.1 Å². The van der Waals surface area contributed by atoms with Crippen LogP contribution in [0, 0.1) is 19.7 Å². The Hall–Kier alpha value is -2.16. The van der Waals surface area contributed by atoms with Crippen molar-refractivity contribution in [3.63, 3.8) is 0 Å². The molecule has 0 radical (unpaired) electrons. The van der Waals surface area contributed by atoms with Gasteiger partial charge >= 0.3 is 5.97 Å². The zero-order chi connectivity index (χ0) is 13.3. The molecule has 0 aliphatic carbocycles. The lowest BCUT2D eigenvalue weighted by Gasteiger charge is -2.11. The van der Waals surface area contributed by atoms with E-state index >= 15 is 0 Å². The maximum absolute atomic E-state index is 13.6. The summed E-state index contributed by atoms with van der Waals surface area (Å²) in [6.45, 7) is 3.53. The molecule has 0 heterocycles. The van der Waals surface area contributed by atoms with E-state index in [0.29, 0.717) is 16.7 Å². The van der Waals surface area contributed by atoms with Gasteiger partial charge in [-0.1, -0.05) is 29.8 Å². The third-order valence-electron chi connectivity index (χ3n) is 2.96. The Morgan fingerprint density at radius 3 is 2.50 bits per heavy atom. The second-order valence-corrected chi connectivity index (χ2v) is 4.27. The Balaban J connectivity index is 2.73. The van der Waals surface area contributed by atoms with Crippen molar-refractivity contribution in [1.29, 1.82) is 0 Å². The van der Waals surface area contributed by atoms with Crippen molar-refractivity contribution in [2.24, 2.45) is 0 Å². The van der Waals surface area contributed by atoms with Crippen molar-refractivity contribution in [2.45, 2.75) is 13.8 Å². The first-order valence-corrected chi connectivity index (χ1v) is 5.60. The second-order valence-electron chi connectivity index (χ2n) is 4.27. The molecule has 0 atom stereocenters. The molecule has 2 aromatic carbocycles. The van der Waals surface area contributed by atoms with Crippen molar-refractivity contribution in [3.05, 3.63) is 58.9 Å². The van der Waals surface area contributed by atoms with E-state index in [-0.39, 0.29) is 11.4 Å². The summed E-state index contributed by atoms with van der Waals surface area (Å²) in [5.41, 5.74) is 2.77. The van der Waals surface area contributed by atoms with E-state index in [1.54, 1.807) is 37.3 Å². The highest BCUT2D eigenvalue weighted by atomic mass is 19.1. The van der Waals surface area contributed by atoms with Gasteiger partial charge in [-0.15, -0.1) is 0 Å². The van der Waals surface area contributed by atoms with Crippen LogP contribution >= 0.6 is 0 Å². The first-order valence-electron chi connectivity index (χ1n) is 5.60. The van der Waals surface area contributed by atoms with Crippen molar-refractivity contribution < 1.29 is 14.3 Å². The van der Waals surface area contributed by atoms with Crippen molar-refractivity contribution in [1.82, 2.24) is 0 Å². The summed E-state index contributed by atoms with van der Waals surface area (Å²) in [5.74, 6) is -1.33. The van der Waals surface area contributed by atoms with E-state index in [2.05, 4.69) is 0 Å². The van der Waals surface area contributed by atoms with Crippen LogP contribution in [0.4, 0.5) is 4.39 Å². The molecule has 0 amide bonds. The standard InChI is InChI=1S/C15H13FO2/c1-9-6-7-12(15(17)18)13(8-9)11-4-3-5-14(16)10(11)2/h3-8H,1-2H3,(H,17,18). The molecule has 3 heteroatoms. The molecule has 0 aliphatic rings. The summed E-state index contributed by atoms with van der Waals surface area (Å²) in [7, 11) is 0. The van der Waals surface area contributed by atoms with Crippen LogP contribution in [0.3, 0.4) is 0 Å². The smallest absolute Gasteiger partial charge is 0.336 e. The van der Waals surface area contributed by atoms with Gasteiger partial charge in [-0.2, -0.15) is 0 Å². The number of carbonyl (C=O) groups is 1. The van der Waals surface area contributed by atoms with E-state index < -0.39 is 5.97 Å². The molecule has 0 aromatic heterocycles. The van der Waals surface area contributed by atoms with Crippen LogP contribution in [-0.2, 0) is 0 Å². The SMILES string of the molecule is Cc1ccc(C(=O)O)c(-c2cccc(F)c2C)c1. The van der Waals surface area contributed by atoms with Gasteiger partial charge in [0.1, 0.15) is 5.82 Å². The minimum absolute atomic E-state index is 0.189. The summed E-state index contributed by atoms with van der Waals surface area (Å²) >= 11 is 0. The number of benzene rings is 2. The monoisotopic (exact) mass is 244 g/mol. The molecule has 2 rings (SSSR count). The minimum atomic E-state index is -1.01. The number of halogens is 1. The zero-order valence-electron chi connectivity index (χ0n) is 10.2. The molecule has 0 bridgehead atoms. The van der Waals surface area contributed by atoms with Gasteiger partial charge in [0.15, 0.2) is 0 Å². The van der Waals surface area contributed by atoms with Crippen LogP contribution < -0.4 is 0 Å². The highest BCUT2D eigenvalue weighted by Crippen LogP contribution is 2.29. The van der Waals surface area contributed by atoms with Gasteiger partial charge in [-0.25, -0.2) is 9.18 Å². The summed E-state index contributed by atoms with van der Waals surface area (Å²) < 4.78 is 13.6. The lowest BCUT2D eigenvalue weighted by Crippen LogP contribution is -2.01. The fraction of sp³-hybridized carbons (Fsp3) is 0.133. The molecule has 0 spiro atoms. The van der Waals surface area contributed by atoms with Crippen molar-refractivity contribution in [3.8, 4) is 11.1 Å². The van der Waals surface area contributed by atoms with Crippen LogP contribution in [0.1, 0.15) is 21.5 Å². The molecule has 18 heavy (non-hydrogen) atoms. The van der Waals surface area contributed by atoms with Crippen molar-refractivity contribution >= 4 is 5.97 Å². The lowest BCUT2D eigenvalue weighted by atomic mass is 9.94. The van der Waals surface area contributed by atoms with Gasteiger partial charge < -0.3 is 5.11 Å². The van der Waals surface area contributed by atoms with Crippen LogP contribution in [0.15, 0.2) is 36.4 Å². The third-order valence-corrected chi connectivity index (χ3v) is 2.96. The van der Waals surface area contributed by atoms with Gasteiger partial charge in [0, 0.05) is 0 Å². The van der Waals surface area contributed by atoms with Gasteiger partial charge in [0.2, 0.25) is 0 Å². The maximum atomic E-state index is 13.6. The summed E-state index contributed by atoms with van der Waals surface area (Å²) in [6, 6.07) is 9.75. The molecule has 0 saturated carbocycles. The minimum Gasteiger partial charge on any atom is -0.478 e. The van der Waals surface area contributed by atoms with E-state index in [4.69, 9.17) is 0 Å². The Morgan fingerprint density at radius 2 is 1.83 bits per heavy atom. The Bertz CT molecular complexity index is 618. The largest absolute Gasteiger partial charge is 0.478 e. The summed E-state index contributed by atoms with van der Waals surface area (Å²) in [5, 5.41) is 9.18. The predicted molar refractivity (Wildman–Crippen MR) is 68.3 cm³/mol. The number of rotatable bonds is 2. The molecule has 2 aromatic rings. The Labute approximate surface area is 105 Å². The number of hydrogen-bond donors (Lipinski definition) is 1. The summed E-state index contributed by atoms with van der Waals surface area (Å²) in [4.78, 5) is 11.2. The number of carboxylic acids is 1. The highest BCUT2D eigenvalue weighted by Gasteiger charge is 2.14. The van der Waals surface area contributed by atoms with E-state index in [1.165, 1.54) is 6.07 Å². The van der Waals surface area contributed by atoms with E-state index in [1.807, 2.05) is 6.92 Å². The first kappa shape index (κ1) is 12.3. The molecule has 0 aliphatic heterocycles. The van der Waals surface area contributed by atoms with Gasteiger partial charge in [0.05, 0.1) is 5.56 Å². The van der Waals surface area contributed by atoms with Crippen LogP contribution in [0.25, 0.3) is 11.1 Å². The zero-order valence-corrected chi connectivity index (χ0v) is 10.2. The topological polar surface area (TPSA) is 37.3 Å². The number of carboxylic acid groups (broad SMARTS) is 1. The lowest BCUT2D eigenvalue weighted by molar-refractivity contribution is 0.0697. The average Bonchev–Trinajstić information content (AvgIpc) is 2.32. The Kier molecular flexibility index (Phi) is 3.15. The third kappa shape index (κ3) is 2.12. The number of aromatic carboxylic acids is 1.